The number of rotatable bonds is 2. The third-order valence-corrected chi connectivity index (χ3v) is 2.89. The first kappa shape index (κ1) is 11.3. The van der Waals surface area contributed by atoms with Gasteiger partial charge in [0.2, 0.25) is 0 Å². The maximum Gasteiger partial charge on any atom is 0.257 e. The molecule has 2 aromatic heterocycles. The van der Waals surface area contributed by atoms with Gasteiger partial charge in [0, 0.05) is 40.9 Å². The van der Waals surface area contributed by atoms with Crippen molar-refractivity contribution in [2.75, 3.05) is 11.1 Å². The van der Waals surface area contributed by atoms with Crippen LogP contribution < -0.4 is 11.1 Å². The fourth-order valence-electron chi connectivity index (χ4n) is 1.97. The molecule has 1 amide bonds. The van der Waals surface area contributed by atoms with E-state index in [0.717, 1.165) is 10.9 Å². The van der Waals surface area contributed by atoms with E-state index < -0.39 is 0 Å². The maximum atomic E-state index is 12.2. The number of benzene rings is 1. The molecule has 19 heavy (non-hydrogen) atoms. The molecule has 0 unspecified atom stereocenters. The van der Waals surface area contributed by atoms with Gasteiger partial charge in [-0.25, -0.2) is 0 Å². The molecular weight excluding hydrogens is 240 g/mol. The number of amides is 1. The molecule has 0 bridgehead atoms. The molecule has 94 valence electrons. The number of fused-ring (bicyclic) bond motifs is 1. The molecule has 0 aliphatic heterocycles. The van der Waals surface area contributed by atoms with Crippen LogP contribution >= 0.6 is 0 Å². The number of pyridine rings is 1. The summed E-state index contributed by atoms with van der Waals surface area (Å²) in [6.45, 7) is 0. The van der Waals surface area contributed by atoms with Gasteiger partial charge in [-0.2, -0.15) is 0 Å². The van der Waals surface area contributed by atoms with Crippen molar-refractivity contribution in [3.63, 3.8) is 0 Å². The number of carbonyl (C=O) groups is 1. The zero-order valence-electron chi connectivity index (χ0n) is 10.1. The van der Waals surface area contributed by atoms with Crippen LogP contribution in [0.15, 0.2) is 48.9 Å². The first-order chi connectivity index (χ1) is 9.24. The predicted molar refractivity (Wildman–Crippen MR) is 74.9 cm³/mol. The maximum absolute atomic E-state index is 12.2. The summed E-state index contributed by atoms with van der Waals surface area (Å²) in [6, 6.07) is 8.90. The first-order valence-corrected chi connectivity index (χ1v) is 5.82. The van der Waals surface area contributed by atoms with Crippen molar-refractivity contribution in [2.24, 2.45) is 0 Å². The number of carbonyl (C=O) groups excluding carboxylic acids is 1. The van der Waals surface area contributed by atoms with Gasteiger partial charge in [-0.1, -0.05) is 0 Å². The highest BCUT2D eigenvalue weighted by Gasteiger charge is 2.12. The second-order valence-corrected chi connectivity index (χ2v) is 4.20. The molecule has 0 radical (unpaired) electrons. The zero-order valence-corrected chi connectivity index (χ0v) is 10.1. The summed E-state index contributed by atoms with van der Waals surface area (Å²) in [6.07, 6.45) is 4.94. The van der Waals surface area contributed by atoms with Gasteiger partial charge in [-0.3, -0.25) is 9.78 Å². The van der Waals surface area contributed by atoms with E-state index >= 15 is 0 Å². The lowest BCUT2D eigenvalue weighted by Crippen LogP contribution is -2.11. The molecule has 3 aromatic rings. The number of H-pyrrole nitrogens is 1. The number of hydrogen-bond acceptors (Lipinski definition) is 3. The lowest BCUT2D eigenvalue weighted by atomic mass is 10.1. The van der Waals surface area contributed by atoms with E-state index in [-0.39, 0.29) is 5.91 Å². The molecule has 5 nitrogen and oxygen atoms in total. The van der Waals surface area contributed by atoms with E-state index in [4.69, 9.17) is 5.73 Å². The number of nitrogens with two attached hydrogens (primary N) is 1. The van der Waals surface area contributed by atoms with E-state index in [1.165, 1.54) is 0 Å². The fourth-order valence-corrected chi connectivity index (χ4v) is 1.97. The average Bonchev–Trinajstić information content (AvgIpc) is 2.82. The Morgan fingerprint density at radius 1 is 1.21 bits per heavy atom. The van der Waals surface area contributed by atoms with E-state index in [9.17, 15) is 4.79 Å². The Balaban J connectivity index is 1.94. The number of nitrogens with zero attached hydrogens (tertiary/aromatic N) is 1. The summed E-state index contributed by atoms with van der Waals surface area (Å²) >= 11 is 0. The van der Waals surface area contributed by atoms with Gasteiger partial charge in [0.15, 0.2) is 0 Å². The van der Waals surface area contributed by atoms with Gasteiger partial charge >= 0.3 is 0 Å². The van der Waals surface area contributed by atoms with Crippen LogP contribution in [0.4, 0.5) is 11.4 Å². The molecule has 0 saturated heterocycles. The normalized spacial score (nSPS) is 10.5. The molecular formula is C14H12N4O. The van der Waals surface area contributed by atoms with Crippen LogP contribution in [-0.4, -0.2) is 15.9 Å². The van der Waals surface area contributed by atoms with Crippen molar-refractivity contribution in [3.05, 3.63) is 54.5 Å². The Labute approximate surface area is 109 Å². The minimum atomic E-state index is -0.165. The zero-order chi connectivity index (χ0) is 13.2. The van der Waals surface area contributed by atoms with E-state index in [1.807, 2.05) is 6.07 Å². The highest BCUT2D eigenvalue weighted by Crippen LogP contribution is 2.21. The van der Waals surface area contributed by atoms with Crippen LogP contribution in [0.3, 0.4) is 0 Å². The number of aromatic nitrogens is 2. The van der Waals surface area contributed by atoms with Crippen LogP contribution in [0.2, 0.25) is 0 Å². The van der Waals surface area contributed by atoms with Crippen LogP contribution in [0, 0.1) is 0 Å². The second-order valence-electron chi connectivity index (χ2n) is 4.20. The number of hydrogen-bond donors (Lipinski definition) is 3. The molecule has 0 spiro atoms. The molecule has 3 rings (SSSR count). The van der Waals surface area contributed by atoms with Crippen LogP contribution in [-0.2, 0) is 0 Å². The van der Waals surface area contributed by atoms with Gasteiger partial charge in [-0.15, -0.1) is 0 Å². The molecule has 0 fully saturated rings. The van der Waals surface area contributed by atoms with E-state index in [1.54, 1.807) is 42.9 Å². The Bertz CT molecular complexity index is 734. The standard InChI is InChI=1S/C14H12N4O/c15-9-1-2-11-12(8-17-13(11)7-9)14(19)18-10-3-5-16-6-4-10/h1-8,17H,15H2,(H,16,18,19). The molecule has 0 saturated carbocycles. The summed E-state index contributed by atoms with van der Waals surface area (Å²) in [5.41, 5.74) is 8.52. The molecule has 1 aromatic carbocycles. The molecule has 0 atom stereocenters. The predicted octanol–water partition coefficient (Wildman–Crippen LogP) is 2.40. The van der Waals surface area contributed by atoms with Crippen molar-refractivity contribution in [3.8, 4) is 0 Å². The molecule has 5 heteroatoms. The quantitative estimate of drug-likeness (QED) is 0.612. The Kier molecular flexibility index (Phi) is 2.64. The minimum absolute atomic E-state index is 0.165. The van der Waals surface area contributed by atoms with E-state index in [2.05, 4.69) is 15.3 Å². The van der Waals surface area contributed by atoms with Gasteiger partial charge in [0.05, 0.1) is 5.56 Å². The summed E-state index contributed by atoms with van der Waals surface area (Å²) in [4.78, 5) is 19.1. The smallest absolute Gasteiger partial charge is 0.257 e. The lowest BCUT2D eigenvalue weighted by Gasteiger charge is -2.03. The van der Waals surface area contributed by atoms with Crippen LogP contribution in [0.5, 0.6) is 0 Å². The van der Waals surface area contributed by atoms with Gasteiger partial charge in [0.25, 0.3) is 5.91 Å². The van der Waals surface area contributed by atoms with Gasteiger partial charge in [-0.05, 0) is 30.3 Å². The average molecular weight is 252 g/mol. The minimum Gasteiger partial charge on any atom is -0.399 e. The van der Waals surface area contributed by atoms with Crippen LogP contribution in [0.25, 0.3) is 10.9 Å². The Morgan fingerprint density at radius 3 is 2.79 bits per heavy atom. The Hall–Kier alpha value is -2.82. The highest BCUT2D eigenvalue weighted by molar-refractivity contribution is 6.13. The summed E-state index contributed by atoms with van der Waals surface area (Å²) in [5, 5.41) is 3.67. The van der Waals surface area contributed by atoms with Crippen molar-refractivity contribution in [1.29, 1.82) is 0 Å². The summed E-state index contributed by atoms with van der Waals surface area (Å²) in [7, 11) is 0. The fraction of sp³-hybridized carbons (Fsp3) is 0. The SMILES string of the molecule is Nc1ccc2c(C(=O)Nc3ccncc3)c[nH]c2c1. The first-order valence-electron chi connectivity index (χ1n) is 5.82. The third kappa shape index (κ3) is 2.13. The van der Waals surface area contributed by atoms with Crippen molar-refractivity contribution >= 4 is 28.2 Å². The van der Waals surface area contributed by atoms with Crippen molar-refractivity contribution in [1.82, 2.24) is 9.97 Å². The summed E-state index contributed by atoms with van der Waals surface area (Å²) < 4.78 is 0. The number of nitrogen functional groups attached to an aromatic ring is 1. The van der Waals surface area contributed by atoms with Crippen molar-refractivity contribution in [2.45, 2.75) is 0 Å². The summed E-state index contributed by atoms with van der Waals surface area (Å²) in [5.74, 6) is -0.165. The highest BCUT2D eigenvalue weighted by atomic mass is 16.1. The number of nitrogens with one attached hydrogen (secondary N) is 2. The number of aromatic amines is 1. The number of anilines is 2. The molecule has 4 N–H and O–H groups in total. The molecule has 0 aliphatic rings. The van der Waals surface area contributed by atoms with E-state index in [0.29, 0.717) is 16.9 Å². The monoisotopic (exact) mass is 252 g/mol. The van der Waals surface area contributed by atoms with Gasteiger partial charge < -0.3 is 16.0 Å². The van der Waals surface area contributed by atoms with Crippen molar-refractivity contribution < 1.29 is 4.79 Å². The lowest BCUT2D eigenvalue weighted by molar-refractivity contribution is 0.102. The largest absolute Gasteiger partial charge is 0.399 e. The third-order valence-electron chi connectivity index (χ3n) is 2.89. The van der Waals surface area contributed by atoms with Gasteiger partial charge in [0.1, 0.15) is 0 Å². The molecule has 0 aliphatic carbocycles. The topological polar surface area (TPSA) is 83.8 Å². The molecule has 2 heterocycles. The van der Waals surface area contributed by atoms with Crippen LogP contribution in [0.1, 0.15) is 10.4 Å². The second kappa shape index (κ2) is 4.45. The Morgan fingerprint density at radius 2 is 2.00 bits per heavy atom.